The first-order chi connectivity index (χ1) is 15.4. The number of sulfonamides is 1. The second kappa shape index (κ2) is 8.67. The summed E-state index contributed by atoms with van der Waals surface area (Å²) in [6.07, 6.45) is 0.656. The highest BCUT2D eigenvalue weighted by molar-refractivity contribution is 7.92. The standard InChI is InChI=1S/C22H19N3O6S/c26-22(15-31-21-8-4-3-7-20(21)25(27)28)23-17-9-11-18(12-10-17)32(29,30)24-14-13-16-5-1-2-6-19(16)24/h1-12H,13-15H2,(H,23,26). The monoisotopic (exact) mass is 453 g/mol. The van der Waals surface area contributed by atoms with Crippen LogP contribution in [-0.4, -0.2) is 32.4 Å². The first kappa shape index (κ1) is 21.3. The van der Waals surface area contributed by atoms with Crippen LogP contribution < -0.4 is 14.4 Å². The lowest BCUT2D eigenvalue weighted by Crippen LogP contribution is -2.29. The van der Waals surface area contributed by atoms with E-state index in [0.29, 0.717) is 24.3 Å². The minimum absolute atomic E-state index is 0.0139. The van der Waals surface area contributed by atoms with Crippen LogP contribution in [0.5, 0.6) is 5.75 Å². The Morgan fingerprint density at radius 2 is 1.72 bits per heavy atom. The number of rotatable bonds is 7. The van der Waals surface area contributed by atoms with Crippen LogP contribution in [0.25, 0.3) is 0 Å². The molecule has 0 saturated carbocycles. The van der Waals surface area contributed by atoms with Crippen LogP contribution in [0.2, 0.25) is 0 Å². The number of nitro benzene ring substituents is 1. The Hall–Kier alpha value is -3.92. The Balaban J connectivity index is 1.41. The van der Waals surface area contributed by atoms with Crippen LogP contribution in [-0.2, 0) is 21.2 Å². The van der Waals surface area contributed by atoms with E-state index in [0.717, 1.165) is 5.56 Å². The Bertz CT molecular complexity index is 1270. The number of carbonyl (C=O) groups excluding carboxylic acids is 1. The predicted molar refractivity (Wildman–Crippen MR) is 118 cm³/mol. The van der Waals surface area contributed by atoms with Gasteiger partial charge < -0.3 is 10.1 Å². The first-order valence-electron chi connectivity index (χ1n) is 9.73. The van der Waals surface area contributed by atoms with Gasteiger partial charge in [-0.05, 0) is 48.4 Å². The summed E-state index contributed by atoms with van der Waals surface area (Å²) in [4.78, 5) is 22.7. The molecule has 0 unspecified atom stereocenters. The van der Waals surface area contributed by atoms with Gasteiger partial charge in [0.05, 0.1) is 15.5 Å². The maximum atomic E-state index is 13.0. The second-order valence-corrected chi connectivity index (χ2v) is 8.90. The number of para-hydroxylation sites is 3. The molecule has 1 heterocycles. The Labute approximate surface area is 184 Å². The van der Waals surface area contributed by atoms with Crippen molar-refractivity contribution >= 4 is 33.0 Å². The maximum absolute atomic E-state index is 13.0. The second-order valence-electron chi connectivity index (χ2n) is 7.04. The molecule has 164 valence electrons. The molecule has 0 bridgehead atoms. The third-order valence-electron chi connectivity index (χ3n) is 4.99. The van der Waals surface area contributed by atoms with Crippen molar-refractivity contribution in [3.05, 3.63) is 88.5 Å². The molecule has 4 rings (SSSR count). The van der Waals surface area contributed by atoms with Crippen molar-refractivity contribution in [2.75, 3.05) is 22.8 Å². The van der Waals surface area contributed by atoms with Crippen molar-refractivity contribution in [1.82, 2.24) is 0 Å². The summed E-state index contributed by atoms with van der Waals surface area (Å²) in [5, 5.41) is 13.6. The zero-order valence-electron chi connectivity index (χ0n) is 16.8. The summed E-state index contributed by atoms with van der Waals surface area (Å²) in [6.45, 7) is -0.0570. The highest BCUT2D eigenvalue weighted by atomic mass is 32.2. The summed E-state index contributed by atoms with van der Waals surface area (Å²) < 4.78 is 32.7. The van der Waals surface area contributed by atoms with Gasteiger partial charge in [-0.2, -0.15) is 0 Å². The van der Waals surface area contributed by atoms with E-state index in [9.17, 15) is 23.3 Å². The lowest BCUT2D eigenvalue weighted by molar-refractivity contribution is -0.385. The van der Waals surface area contributed by atoms with Gasteiger partial charge in [-0.25, -0.2) is 8.42 Å². The average molecular weight is 453 g/mol. The molecule has 0 saturated heterocycles. The molecule has 10 heteroatoms. The Morgan fingerprint density at radius 1 is 1.03 bits per heavy atom. The highest BCUT2D eigenvalue weighted by Gasteiger charge is 2.30. The summed E-state index contributed by atoms with van der Waals surface area (Å²) in [5.41, 5.74) is 1.80. The SMILES string of the molecule is O=C(COc1ccccc1[N+](=O)[O-])Nc1ccc(S(=O)(=O)N2CCc3ccccc32)cc1. The minimum Gasteiger partial charge on any atom is -0.477 e. The number of hydrogen-bond acceptors (Lipinski definition) is 6. The van der Waals surface area contributed by atoms with Crippen molar-refractivity contribution in [2.24, 2.45) is 0 Å². The number of benzene rings is 3. The van der Waals surface area contributed by atoms with E-state index in [-0.39, 0.29) is 16.3 Å². The number of nitro groups is 1. The Morgan fingerprint density at radius 3 is 2.47 bits per heavy atom. The number of amides is 1. The number of nitrogens with one attached hydrogen (secondary N) is 1. The summed E-state index contributed by atoms with van der Waals surface area (Å²) in [5.74, 6) is -0.549. The van der Waals surface area contributed by atoms with Crippen molar-refractivity contribution in [2.45, 2.75) is 11.3 Å². The van der Waals surface area contributed by atoms with Gasteiger partial charge in [0.2, 0.25) is 0 Å². The van der Waals surface area contributed by atoms with E-state index in [1.54, 1.807) is 18.2 Å². The van der Waals surface area contributed by atoms with Crippen LogP contribution in [0.1, 0.15) is 5.56 Å². The van der Waals surface area contributed by atoms with Gasteiger partial charge in [0.25, 0.3) is 15.9 Å². The lowest BCUT2D eigenvalue weighted by Gasteiger charge is -2.19. The van der Waals surface area contributed by atoms with Crippen molar-refractivity contribution < 1.29 is 22.9 Å². The zero-order chi connectivity index (χ0) is 22.7. The third kappa shape index (κ3) is 4.26. The fraction of sp³-hybridized carbons (Fsp3) is 0.136. The molecule has 9 nitrogen and oxygen atoms in total. The molecular formula is C22H19N3O6S. The average Bonchev–Trinajstić information content (AvgIpc) is 3.23. The van der Waals surface area contributed by atoms with Gasteiger partial charge in [-0.1, -0.05) is 30.3 Å². The molecule has 0 aliphatic carbocycles. The first-order valence-corrected chi connectivity index (χ1v) is 11.2. The fourth-order valence-electron chi connectivity index (χ4n) is 3.47. The van der Waals surface area contributed by atoms with Gasteiger partial charge in [-0.3, -0.25) is 19.2 Å². The molecule has 0 atom stereocenters. The number of anilines is 2. The molecule has 1 aliphatic heterocycles. The molecule has 0 fully saturated rings. The van der Waals surface area contributed by atoms with E-state index < -0.39 is 27.5 Å². The van der Waals surface area contributed by atoms with Crippen LogP contribution in [0.4, 0.5) is 17.1 Å². The number of carbonyl (C=O) groups is 1. The van der Waals surface area contributed by atoms with Crippen molar-refractivity contribution in [3.63, 3.8) is 0 Å². The van der Waals surface area contributed by atoms with Gasteiger partial charge >= 0.3 is 5.69 Å². The number of ether oxygens (including phenoxy) is 1. The topological polar surface area (TPSA) is 119 Å². The Kier molecular flexibility index (Phi) is 5.78. The molecular weight excluding hydrogens is 434 g/mol. The van der Waals surface area contributed by atoms with Crippen LogP contribution in [0, 0.1) is 10.1 Å². The molecule has 1 amide bonds. The summed E-state index contributed by atoms with van der Waals surface area (Å²) in [6, 6.07) is 19.0. The third-order valence-corrected chi connectivity index (χ3v) is 6.82. The molecule has 3 aromatic rings. The fourth-order valence-corrected chi connectivity index (χ4v) is 4.97. The van der Waals surface area contributed by atoms with Gasteiger partial charge in [0.15, 0.2) is 12.4 Å². The van der Waals surface area contributed by atoms with Gasteiger partial charge in [-0.15, -0.1) is 0 Å². The summed E-state index contributed by atoms with van der Waals surface area (Å²) in [7, 11) is -3.72. The molecule has 0 radical (unpaired) electrons. The molecule has 1 aliphatic rings. The predicted octanol–water partition coefficient (Wildman–Crippen LogP) is 3.36. The lowest BCUT2D eigenvalue weighted by atomic mass is 10.2. The number of nitrogens with zero attached hydrogens (tertiary/aromatic N) is 2. The zero-order valence-corrected chi connectivity index (χ0v) is 17.6. The maximum Gasteiger partial charge on any atom is 0.310 e. The van der Waals surface area contributed by atoms with E-state index >= 15 is 0 Å². The van der Waals surface area contributed by atoms with Crippen LogP contribution in [0.3, 0.4) is 0 Å². The minimum atomic E-state index is -3.72. The number of fused-ring (bicyclic) bond motifs is 1. The summed E-state index contributed by atoms with van der Waals surface area (Å²) >= 11 is 0. The molecule has 3 aromatic carbocycles. The van der Waals surface area contributed by atoms with Crippen molar-refractivity contribution in [1.29, 1.82) is 0 Å². The quantitative estimate of drug-likeness (QED) is 0.433. The molecule has 0 aromatic heterocycles. The van der Waals surface area contributed by atoms with Crippen LogP contribution in [0.15, 0.2) is 77.7 Å². The van der Waals surface area contributed by atoms with E-state index in [1.807, 2.05) is 12.1 Å². The van der Waals surface area contributed by atoms with E-state index in [1.165, 1.54) is 46.8 Å². The van der Waals surface area contributed by atoms with Crippen molar-refractivity contribution in [3.8, 4) is 5.75 Å². The molecule has 32 heavy (non-hydrogen) atoms. The number of hydrogen-bond donors (Lipinski definition) is 1. The van der Waals surface area contributed by atoms with Gasteiger partial charge in [0.1, 0.15) is 0 Å². The van der Waals surface area contributed by atoms with Gasteiger partial charge in [0, 0.05) is 18.3 Å². The highest BCUT2D eigenvalue weighted by Crippen LogP contribution is 2.33. The molecule has 0 spiro atoms. The normalized spacial score (nSPS) is 12.8. The van der Waals surface area contributed by atoms with E-state index in [4.69, 9.17) is 4.74 Å². The smallest absolute Gasteiger partial charge is 0.310 e. The largest absolute Gasteiger partial charge is 0.477 e. The van der Waals surface area contributed by atoms with E-state index in [2.05, 4.69) is 5.32 Å². The van der Waals surface area contributed by atoms with Crippen LogP contribution >= 0.6 is 0 Å². The molecule has 1 N–H and O–H groups in total.